The van der Waals surface area contributed by atoms with Crippen LogP contribution in [0.25, 0.3) is 0 Å². The van der Waals surface area contributed by atoms with Crippen LogP contribution in [0, 0.1) is 0 Å². The minimum absolute atomic E-state index is 0.0317. The molecule has 0 aliphatic rings. The second kappa shape index (κ2) is 13.9. The van der Waals surface area contributed by atoms with Crippen LogP contribution in [-0.2, 0) is 23.8 Å². The van der Waals surface area contributed by atoms with Crippen molar-refractivity contribution in [2.75, 3.05) is 33.0 Å². The maximum atomic E-state index is 10.3. The summed E-state index contributed by atoms with van der Waals surface area (Å²) >= 11 is 0. The number of aliphatic carboxylic acids is 1. The highest BCUT2D eigenvalue weighted by molar-refractivity contribution is 5.84. The number of ether oxygens (including phenoxy) is 3. The van der Waals surface area contributed by atoms with E-state index in [0.717, 1.165) is 0 Å². The highest BCUT2D eigenvalue weighted by Crippen LogP contribution is 1.89. The molecule has 0 saturated carbocycles. The first kappa shape index (κ1) is 20.8. The lowest BCUT2D eigenvalue weighted by molar-refractivity contribution is -0.175. The van der Waals surface area contributed by atoms with Crippen molar-refractivity contribution in [1.29, 1.82) is 0 Å². The third-order valence-electron chi connectivity index (χ3n) is 1.54. The Labute approximate surface area is 117 Å². The van der Waals surface area contributed by atoms with E-state index in [9.17, 15) is 9.59 Å². The summed E-state index contributed by atoms with van der Waals surface area (Å²) in [5.41, 5.74) is 0.176. The number of rotatable bonds is 9. The molecule has 0 aromatic carbocycles. The van der Waals surface area contributed by atoms with Crippen LogP contribution in [-0.4, -0.2) is 66.6 Å². The molecule has 0 aromatic heterocycles. The molecule has 0 spiro atoms. The Kier molecular flexibility index (Phi) is 14.5. The predicted molar refractivity (Wildman–Crippen MR) is 68.9 cm³/mol. The molecule has 1 atom stereocenters. The summed E-state index contributed by atoms with van der Waals surface area (Å²) in [5, 5.41) is 25.2. The van der Waals surface area contributed by atoms with Crippen molar-refractivity contribution in [3.8, 4) is 0 Å². The van der Waals surface area contributed by atoms with E-state index >= 15 is 0 Å². The van der Waals surface area contributed by atoms with Gasteiger partial charge in [-0.1, -0.05) is 6.58 Å². The molecule has 8 heteroatoms. The van der Waals surface area contributed by atoms with Gasteiger partial charge in [0.1, 0.15) is 6.61 Å². The van der Waals surface area contributed by atoms with Gasteiger partial charge in [0.2, 0.25) is 6.29 Å². The minimum atomic E-state index is -1.23. The SMILES string of the molecule is C=C(C)C(=O)O.CC(=O)OC(O)COCCOCCO. The summed E-state index contributed by atoms with van der Waals surface area (Å²) < 4.78 is 14.2. The van der Waals surface area contributed by atoms with Gasteiger partial charge in [0, 0.05) is 12.5 Å². The molecule has 0 heterocycles. The van der Waals surface area contributed by atoms with Crippen molar-refractivity contribution in [1.82, 2.24) is 0 Å². The van der Waals surface area contributed by atoms with Crippen LogP contribution in [0.15, 0.2) is 12.2 Å². The van der Waals surface area contributed by atoms with Crippen LogP contribution in [0.5, 0.6) is 0 Å². The summed E-state index contributed by atoms with van der Waals surface area (Å²) in [6.45, 7) is 6.55. The van der Waals surface area contributed by atoms with Crippen molar-refractivity contribution in [2.24, 2.45) is 0 Å². The Morgan fingerprint density at radius 3 is 2.05 bits per heavy atom. The van der Waals surface area contributed by atoms with E-state index in [0.29, 0.717) is 6.61 Å². The van der Waals surface area contributed by atoms with Crippen molar-refractivity contribution >= 4 is 11.9 Å². The van der Waals surface area contributed by atoms with Gasteiger partial charge >= 0.3 is 11.9 Å². The molecule has 0 saturated heterocycles. The van der Waals surface area contributed by atoms with E-state index in [1.807, 2.05) is 0 Å². The number of carbonyl (C=O) groups is 2. The number of aliphatic hydroxyl groups excluding tert-OH is 2. The summed E-state index contributed by atoms with van der Waals surface area (Å²) in [4.78, 5) is 19.9. The second-order valence-corrected chi connectivity index (χ2v) is 3.56. The number of carboxylic acids is 1. The number of carbonyl (C=O) groups excluding carboxylic acids is 1. The monoisotopic (exact) mass is 294 g/mol. The lowest BCUT2D eigenvalue weighted by Crippen LogP contribution is -2.22. The summed E-state index contributed by atoms with van der Waals surface area (Å²) in [7, 11) is 0. The van der Waals surface area contributed by atoms with Crippen molar-refractivity contribution < 1.29 is 39.1 Å². The third-order valence-corrected chi connectivity index (χ3v) is 1.54. The average Bonchev–Trinajstić information content (AvgIpc) is 2.33. The third kappa shape index (κ3) is 18.9. The van der Waals surface area contributed by atoms with Crippen LogP contribution in [0.4, 0.5) is 0 Å². The van der Waals surface area contributed by atoms with Crippen molar-refractivity contribution in [2.45, 2.75) is 20.1 Å². The molecular formula is C12H22O8. The maximum absolute atomic E-state index is 10.3. The summed E-state index contributed by atoms with van der Waals surface area (Å²) in [6, 6.07) is 0. The number of hydrogen-bond donors (Lipinski definition) is 3. The number of carboxylic acid groups (broad SMARTS) is 1. The first-order valence-electron chi connectivity index (χ1n) is 5.81. The fourth-order valence-corrected chi connectivity index (χ4v) is 0.694. The molecule has 1 unspecified atom stereocenters. The van der Waals surface area contributed by atoms with Crippen LogP contribution >= 0.6 is 0 Å². The fourth-order valence-electron chi connectivity index (χ4n) is 0.694. The number of aliphatic hydroxyl groups is 2. The molecule has 0 radical (unpaired) electrons. The van der Waals surface area contributed by atoms with Gasteiger partial charge in [0.15, 0.2) is 0 Å². The summed E-state index contributed by atoms with van der Waals surface area (Å²) in [6.07, 6.45) is -1.23. The highest BCUT2D eigenvalue weighted by atomic mass is 16.7. The van der Waals surface area contributed by atoms with Gasteiger partial charge in [-0.05, 0) is 6.92 Å². The Balaban J connectivity index is 0. The van der Waals surface area contributed by atoms with Crippen LogP contribution in [0.3, 0.4) is 0 Å². The van der Waals surface area contributed by atoms with Gasteiger partial charge in [-0.2, -0.15) is 0 Å². The topological polar surface area (TPSA) is 123 Å². The highest BCUT2D eigenvalue weighted by Gasteiger charge is 2.06. The minimum Gasteiger partial charge on any atom is -0.478 e. The molecule has 0 aliphatic heterocycles. The molecule has 8 nitrogen and oxygen atoms in total. The van der Waals surface area contributed by atoms with Crippen LogP contribution < -0.4 is 0 Å². The zero-order valence-electron chi connectivity index (χ0n) is 11.7. The number of esters is 1. The molecular weight excluding hydrogens is 272 g/mol. The van der Waals surface area contributed by atoms with Gasteiger partial charge in [-0.15, -0.1) is 0 Å². The molecule has 0 rings (SSSR count). The van der Waals surface area contributed by atoms with Crippen LogP contribution in [0.2, 0.25) is 0 Å². The fraction of sp³-hybridized carbons (Fsp3) is 0.667. The van der Waals surface area contributed by atoms with Gasteiger partial charge in [-0.3, -0.25) is 4.79 Å². The molecule has 0 aliphatic carbocycles. The molecule has 3 N–H and O–H groups in total. The Bertz CT molecular complexity index is 277. The maximum Gasteiger partial charge on any atom is 0.330 e. The Morgan fingerprint density at radius 2 is 1.65 bits per heavy atom. The molecule has 20 heavy (non-hydrogen) atoms. The number of hydrogen-bond acceptors (Lipinski definition) is 7. The largest absolute Gasteiger partial charge is 0.478 e. The quantitative estimate of drug-likeness (QED) is 0.226. The van der Waals surface area contributed by atoms with Gasteiger partial charge in [0.25, 0.3) is 0 Å². The van der Waals surface area contributed by atoms with Gasteiger partial charge in [0.05, 0.1) is 26.4 Å². The zero-order chi connectivity index (χ0) is 16.0. The second-order valence-electron chi connectivity index (χ2n) is 3.56. The normalized spacial score (nSPS) is 11.0. The molecule has 0 amide bonds. The molecule has 0 bridgehead atoms. The van der Waals surface area contributed by atoms with E-state index in [1.54, 1.807) is 0 Å². The standard InChI is InChI=1S/C8H16O6.C4H6O2/c1-7(10)14-8(11)6-13-5-4-12-3-2-9;1-3(2)4(5)6/h8-9,11H,2-6H2,1H3;1H2,2H3,(H,5,6). The van der Waals surface area contributed by atoms with E-state index in [-0.39, 0.29) is 32.0 Å². The lowest BCUT2D eigenvalue weighted by Gasteiger charge is -2.10. The average molecular weight is 294 g/mol. The summed E-state index contributed by atoms with van der Waals surface area (Å²) in [5.74, 6) is -1.49. The van der Waals surface area contributed by atoms with Crippen LogP contribution in [0.1, 0.15) is 13.8 Å². The lowest BCUT2D eigenvalue weighted by atomic mass is 10.4. The van der Waals surface area contributed by atoms with Gasteiger partial charge in [-0.25, -0.2) is 4.79 Å². The van der Waals surface area contributed by atoms with Crippen molar-refractivity contribution in [3.63, 3.8) is 0 Å². The smallest absolute Gasteiger partial charge is 0.330 e. The Hall–Kier alpha value is -1.48. The molecule has 0 fully saturated rings. The van der Waals surface area contributed by atoms with E-state index in [4.69, 9.17) is 24.8 Å². The van der Waals surface area contributed by atoms with E-state index in [2.05, 4.69) is 11.3 Å². The molecule has 0 aromatic rings. The Morgan fingerprint density at radius 1 is 1.15 bits per heavy atom. The first-order chi connectivity index (χ1) is 9.31. The van der Waals surface area contributed by atoms with E-state index in [1.165, 1.54) is 13.8 Å². The van der Waals surface area contributed by atoms with Crippen molar-refractivity contribution in [3.05, 3.63) is 12.2 Å². The zero-order valence-corrected chi connectivity index (χ0v) is 11.7. The van der Waals surface area contributed by atoms with Gasteiger partial charge < -0.3 is 29.5 Å². The van der Waals surface area contributed by atoms with E-state index < -0.39 is 18.2 Å². The first-order valence-corrected chi connectivity index (χ1v) is 5.81. The predicted octanol–water partition coefficient (Wildman–Crippen LogP) is -0.459. The molecule has 118 valence electrons.